The lowest BCUT2D eigenvalue weighted by molar-refractivity contribution is 0.0879. The lowest BCUT2D eigenvalue weighted by atomic mass is 9.98. The van der Waals surface area contributed by atoms with E-state index in [-0.39, 0.29) is 21.9 Å². The summed E-state index contributed by atoms with van der Waals surface area (Å²) < 4.78 is 33.3. The summed E-state index contributed by atoms with van der Waals surface area (Å²) in [5, 5.41) is 2.74. The number of rotatable bonds is 3. The maximum Gasteiger partial charge on any atom is 0.258 e. The molecule has 5 rings (SSSR count). The molecule has 0 atom stereocenters. The smallest absolute Gasteiger partial charge is 0.258 e. The Morgan fingerprint density at radius 3 is 2.53 bits per heavy atom. The Kier molecular flexibility index (Phi) is 4.42. The first-order valence-electron chi connectivity index (χ1n) is 9.39. The lowest BCUT2D eigenvalue weighted by Gasteiger charge is -2.29. The number of aromatic nitrogens is 1. The molecular weight excluding hydrogens is 430 g/mol. The van der Waals surface area contributed by atoms with Gasteiger partial charge in [-0.05, 0) is 49.2 Å². The monoisotopic (exact) mass is 445 g/mol. The fraction of sp³-hybridized carbons (Fsp3) is 0.250. The SMILES string of the molecule is O=C1NC(=O)c2cc(S(=O)(=O)N3CCC(c4nc5cc(Cl)ccc5o4)CC3)ccc21. The molecule has 1 saturated heterocycles. The van der Waals surface area contributed by atoms with Gasteiger partial charge in [0.15, 0.2) is 11.5 Å². The van der Waals surface area contributed by atoms with E-state index in [9.17, 15) is 18.0 Å². The first-order valence-corrected chi connectivity index (χ1v) is 11.2. The largest absolute Gasteiger partial charge is 0.440 e. The van der Waals surface area contributed by atoms with Crippen LogP contribution in [0.1, 0.15) is 45.4 Å². The van der Waals surface area contributed by atoms with Crippen LogP contribution in [0.2, 0.25) is 5.02 Å². The van der Waals surface area contributed by atoms with Crippen LogP contribution in [0.25, 0.3) is 11.1 Å². The van der Waals surface area contributed by atoms with Crippen molar-refractivity contribution in [3.8, 4) is 0 Å². The summed E-state index contributed by atoms with van der Waals surface area (Å²) in [4.78, 5) is 28.0. The van der Waals surface area contributed by atoms with E-state index in [4.69, 9.17) is 16.0 Å². The number of amides is 2. The van der Waals surface area contributed by atoms with Gasteiger partial charge in [-0.3, -0.25) is 14.9 Å². The number of halogens is 1. The van der Waals surface area contributed by atoms with Gasteiger partial charge in [0.2, 0.25) is 10.0 Å². The molecule has 0 spiro atoms. The summed E-state index contributed by atoms with van der Waals surface area (Å²) in [6, 6.07) is 9.24. The minimum Gasteiger partial charge on any atom is -0.440 e. The molecule has 0 bridgehead atoms. The molecule has 2 aliphatic rings. The number of hydrogen-bond donors (Lipinski definition) is 1. The summed E-state index contributed by atoms with van der Waals surface area (Å²) in [7, 11) is -3.79. The Labute approximate surface area is 176 Å². The highest BCUT2D eigenvalue weighted by molar-refractivity contribution is 7.89. The van der Waals surface area contributed by atoms with Crippen molar-refractivity contribution >= 4 is 44.5 Å². The molecule has 1 aromatic heterocycles. The quantitative estimate of drug-likeness (QED) is 0.621. The van der Waals surface area contributed by atoms with Crippen LogP contribution in [0.15, 0.2) is 45.7 Å². The molecule has 154 valence electrons. The number of hydrogen-bond acceptors (Lipinski definition) is 6. The fourth-order valence-corrected chi connectivity index (χ4v) is 5.56. The van der Waals surface area contributed by atoms with Gasteiger partial charge >= 0.3 is 0 Å². The van der Waals surface area contributed by atoms with Gasteiger partial charge in [-0.1, -0.05) is 11.6 Å². The van der Waals surface area contributed by atoms with E-state index in [2.05, 4.69) is 10.3 Å². The molecule has 0 unspecified atom stereocenters. The molecule has 0 saturated carbocycles. The maximum absolute atomic E-state index is 13.1. The van der Waals surface area contributed by atoms with Gasteiger partial charge in [-0.25, -0.2) is 13.4 Å². The third-order valence-corrected chi connectivity index (χ3v) is 7.64. The second kappa shape index (κ2) is 6.90. The van der Waals surface area contributed by atoms with Crippen molar-refractivity contribution < 1.29 is 22.4 Å². The normalized spacial score (nSPS) is 18.0. The Balaban J connectivity index is 1.35. The Bertz CT molecular complexity index is 1310. The Morgan fingerprint density at radius 1 is 1.03 bits per heavy atom. The van der Waals surface area contributed by atoms with Crippen molar-refractivity contribution in [2.45, 2.75) is 23.7 Å². The average molecular weight is 446 g/mol. The number of carbonyl (C=O) groups is 2. The number of fused-ring (bicyclic) bond motifs is 2. The van der Waals surface area contributed by atoms with Gasteiger partial charge in [-0.15, -0.1) is 0 Å². The van der Waals surface area contributed by atoms with Crippen LogP contribution in [0, 0.1) is 0 Å². The second-order valence-electron chi connectivity index (χ2n) is 7.33. The van der Waals surface area contributed by atoms with Gasteiger partial charge in [0.05, 0.1) is 16.0 Å². The van der Waals surface area contributed by atoms with E-state index in [1.165, 1.54) is 22.5 Å². The number of nitrogens with one attached hydrogen (secondary N) is 1. The number of piperidine rings is 1. The Hall–Kier alpha value is -2.75. The number of sulfonamides is 1. The topological polar surface area (TPSA) is 110 Å². The van der Waals surface area contributed by atoms with Crippen molar-refractivity contribution in [3.63, 3.8) is 0 Å². The van der Waals surface area contributed by atoms with E-state index >= 15 is 0 Å². The lowest BCUT2D eigenvalue weighted by Crippen LogP contribution is -2.38. The molecule has 1 fully saturated rings. The van der Waals surface area contributed by atoms with E-state index in [1.807, 2.05) is 0 Å². The molecule has 1 N–H and O–H groups in total. The minimum atomic E-state index is -3.79. The van der Waals surface area contributed by atoms with Crippen molar-refractivity contribution in [2.24, 2.45) is 0 Å². The Morgan fingerprint density at radius 2 is 1.77 bits per heavy atom. The predicted molar refractivity (Wildman–Crippen MR) is 108 cm³/mol. The summed E-state index contributed by atoms with van der Waals surface area (Å²) in [6.45, 7) is 0.601. The van der Waals surface area contributed by atoms with Crippen LogP contribution >= 0.6 is 11.6 Å². The first kappa shape index (κ1) is 19.2. The van der Waals surface area contributed by atoms with Crippen LogP contribution in [0.5, 0.6) is 0 Å². The summed E-state index contributed by atoms with van der Waals surface area (Å²) in [6.07, 6.45) is 1.12. The van der Waals surface area contributed by atoms with Crippen LogP contribution < -0.4 is 5.32 Å². The van der Waals surface area contributed by atoms with Gasteiger partial charge in [0.1, 0.15) is 5.52 Å². The zero-order valence-corrected chi connectivity index (χ0v) is 17.2. The van der Waals surface area contributed by atoms with E-state index in [1.54, 1.807) is 18.2 Å². The molecular formula is C20H16ClN3O5S. The summed E-state index contributed by atoms with van der Waals surface area (Å²) >= 11 is 5.99. The number of imide groups is 1. The van der Waals surface area contributed by atoms with Gasteiger partial charge in [0, 0.05) is 24.0 Å². The maximum atomic E-state index is 13.1. The van der Waals surface area contributed by atoms with Crippen LogP contribution in [0.4, 0.5) is 0 Å². The molecule has 3 heterocycles. The van der Waals surface area contributed by atoms with Gasteiger partial charge in [0.25, 0.3) is 11.8 Å². The highest BCUT2D eigenvalue weighted by Crippen LogP contribution is 2.33. The molecule has 30 heavy (non-hydrogen) atoms. The zero-order chi connectivity index (χ0) is 21.0. The van der Waals surface area contributed by atoms with Crippen molar-refractivity contribution in [2.75, 3.05) is 13.1 Å². The molecule has 0 aliphatic carbocycles. The highest BCUT2D eigenvalue weighted by Gasteiger charge is 2.34. The fourth-order valence-electron chi connectivity index (χ4n) is 3.89. The minimum absolute atomic E-state index is 0.000976. The number of oxazole rings is 1. The van der Waals surface area contributed by atoms with E-state index in [0.717, 1.165) is 0 Å². The van der Waals surface area contributed by atoms with Crippen molar-refractivity contribution in [1.29, 1.82) is 0 Å². The summed E-state index contributed by atoms with van der Waals surface area (Å²) in [5.74, 6) is -0.510. The number of benzene rings is 2. The molecule has 2 aromatic carbocycles. The molecule has 0 radical (unpaired) electrons. The molecule has 10 heteroatoms. The highest BCUT2D eigenvalue weighted by atomic mass is 35.5. The molecule has 3 aromatic rings. The van der Waals surface area contributed by atoms with E-state index in [0.29, 0.717) is 47.9 Å². The van der Waals surface area contributed by atoms with Crippen molar-refractivity contribution in [3.05, 3.63) is 58.4 Å². The number of carbonyl (C=O) groups excluding carboxylic acids is 2. The zero-order valence-electron chi connectivity index (χ0n) is 15.6. The molecule has 8 nitrogen and oxygen atoms in total. The van der Waals surface area contributed by atoms with Gasteiger partial charge < -0.3 is 4.42 Å². The first-order chi connectivity index (χ1) is 14.3. The number of nitrogens with zero attached hydrogens (tertiary/aromatic N) is 2. The standard InChI is InChI=1S/C20H16ClN3O5S/c21-12-1-4-17-16(9-12)22-20(29-17)11-5-7-24(8-6-11)30(27,28)13-2-3-14-15(10-13)19(26)23-18(14)25/h1-4,9-11H,5-8H2,(H,23,25,26). The van der Waals surface area contributed by atoms with Crippen LogP contribution in [-0.2, 0) is 10.0 Å². The second-order valence-corrected chi connectivity index (χ2v) is 9.71. The van der Waals surface area contributed by atoms with Crippen LogP contribution in [0.3, 0.4) is 0 Å². The predicted octanol–water partition coefficient (Wildman–Crippen LogP) is 2.93. The van der Waals surface area contributed by atoms with Crippen LogP contribution in [-0.4, -0.2) is 42.6 Å². The summed E-state index contributed by atoms with van der Waals surface area (Å²) in [5.41, 5.74) is 1.60. The molecule has 2 amide bonds. The average Bonchev–Trinajstić information content (AvgIpc) is 3.28. The third-order valence-electron chi connectivity index (χ3n) is 5.51. The third kappa shape index (κ3) is 3.10. The van der Waals surface area contributed by atoms with Gasteiger partial charge in [-0.2, -0.15) is 4.31 Å². The van der Waals surface area contributed by atoms with E-state index < -0.39 is 21.8 Å². The molecule has 2 aliphatic heterocycles. The van der Waals surface area contributed by atoms with Crippen molar-refractivity contribution in [1.82, 2.24) is 14.6 Å².